The summed E-state index contributed by atoms with van der Waals surface area (Å²) in [5, 5.41) is 8.07. The molecule has 9 heteroatoms. The Balaban J connectivity index is 1.33. The smallest absolute Gasteiger partial charge is 0.272 e. The number of anilines is 2. The zero-order valence-electron chi connectivity index (χ0n) is 26.7. The highest BCUT2D eigenvalue weighted by molar-refractivity contribution is 8.00. The van der Waals surface area contributed by atoms with Gasteiger partial charge in [-0.15, -0.1) is 11.8 Å². The monoisotopic (exact) mass is 657 g/mol. The molecule has 0 bridgehead atoms. The second-order valence-corrected chi connectivity index (χ2v) is 11.9. The molecule has 5 aromatic carbocycles. The molecule has 3 N–H and O–H groups in total. The van der Waals surface area contributed by atoms with Crippen molar-refractivity contribution in [2.75, 3.05) is 24.9 Å². The molecule has 1 atom stereocenters. The van der Waals surface area contributed by atoms with E-state index < -0.39 is 17.1 Å². The first-order valence-electron chi connectivity index (χ1n) is 15.1. The van der Waals surface area contributed by atoms with E-state index in [0.29, 0.717) is 28.4 Å². The first kappa shape index (κ1) is 33.6. The van der Waals surface area contributed by atoms with Gasteiger partial charge < -0.3 is 25.4 Å². The fourth-order valence-electron chi connectivity index (χ4n) is 4.81. The minimum absolute atomic E-state index is 0.0999. The predicted molar refractivity (Wildman–Crippen MR) is 191 cm³/mol. The number of rotatable bonds is 12. The summed E-state index contributed by atoms with van der Waals surface area (Å²) >= 11 is 1.38. The molecule has 5 aromatic rings. The van der Waals surface area contributed by atoms with Crippen LogP contribution in [0.3, 0.4) is 0 Å². The third-order valence-electron chi connectivity index (χ3n) is 7.21. The summed E-state index contributed by atoms with van der Waals surface area (Å²) in [4.78, 5) is 41.0. The molecule has 0 heterocycles. The second-order valence-electron chi connectivity index (χ2n) is 10.8. The molecular weight excluding hydrogens is 623 g/mol. The van der Waals surface area contributed by atoms with Gasteiger partial charge in [-0.2, -0.15) is 0 Å². The maximum atomic E-state index is 13.7. The summed E-state index contributed by atoms with van der Waals surface area (Å²) in [5.74, 6) is 0.0230. The standard InChI is InChI=1S/C39H35N3O5S/c1-26-11-10-12-27(21-26)22-35(42-37(43)29-15-8-5-9-16-29)38(44)40-30-17-19-34(20-18-30)48-36(28-13-6-4-7-14-28)39(45)41-31-23-32(46-2)25-33(24-31)47-3/h4-25,36H,1-3H3,(H,40,44)(H,41,45)(H,42,43)/b35-22-. The third kappa shape index (κ3) is 9.14. The Kier molecular flexibility index (Phi) is 11.3. The number of amides is 3. The van der Waals surface area contributed by atoms with E-state index in [0.717, 1.165) is 21.6 Å². The highest BCUT2D eigenvalue weighted by atomic mass is 32.2. The number of hydrogen-bond acceptors (Lipinski definition) is 6. The number of ether oxygens (including phenoxy) is 2. The van der Waals surface area contributed by atoms with E-state index >= 15 is 0 Å². The van der Waals surface area contributed by atoms with Crippen LogP contribution in [-0.4, -0.2) is 31.9 Å². The van der Waals surface area contributed by atoms with Crippen LogP contribution in [0.1, 0.15) is 32.3 Å². The number of hydrogen-bond donors (Lipinski definition) is 3. The van der Waals surface area contributed by atoms with Crippen molar-refractivity contribution in [1.29, 1.82) is 0 Å². The van der Waals surface area contributed by atoms with Gasteiger partial charge in [-0.1, -0.05) is 78.4 Å². The van der Waals surface area contributed by atoms with Gasteiger partial charge >= 0.3 is 0 Å². The Bertz CT molecular complexity index is 1890. The van der Waals surface area contributed by atoms with E-state index in [1.807, 2.05) is 79.7 Å². The lowest BCUT2D eigenvalue weighted by Crippen LogP contribution is -2.30. The average molecular weight is 658 g/mol. The molecule has 0 saturated heterocycles. The number of nitrogens with one attached hydrogen (secondary N) is 3. The Morgan fingerprint density at radius 3 is 1.96 bits per heavy atom. The van der Waals surface area contributed by atoms with Crippen molar-refractivity contribution in [3.8, 4) is 11.5 Å². The first-order chi connectivity index (χ1) is 23.3. The summed E-state index contributed by atoms with van der Waals surface area (Å²) < 4.78 is 10.7. The highest BCUT2D eigenvalue weighted by Gasteiger charge is 2.23. The van der Waals surface area contributed by atoms with E-state index in [4.69, 9.17) is 9.47 Å². The van der Waals surface area contributed by atoms with E-state index in [1.165, 1.54) is 11.8 Å². The van der Waals surface area contributed by atoms with Crippen molar-refractivity contribution in [1.82, 2.24) is 5.32 Å². The van der Waals surface area contributed by atoms with Crippen molar-refractivity contribution in [3.63, 3.8) is 0 Å². The van der Waals surface area contributed by atoms with Gasteiger partial charge in [0.15, 0.2) is 0 Å². The van der Waals surface area contributed by atoms with Crippen LogP contribution in [0, 0.1) is 6.92 Å². The molecule has 0 radical (unpaired) electrons. The van der Waals surface area contributed by atoms with Gasteiger partial charge in [-0.25, -0.2) is 0 Å². The van der Waals surface area contributed by atoms with Crippen molar-refractivity contribution in [2.45, 2.75) is 17.1 Å². The summed E-state index contributed by atoms with van der Waals surface area (Å²) in [6.45, 7) is 1.96. The Morgan fingerprint density at radius 2 is 1.33 bits per heavy atom. The quantitative estimate of drug-likeness (QED) is 0.0931. The van der Waals surface area contributed by atoms with Gasteiger partial charge in [0, 0.05) is 40.0 Å². The lowest BCUT2D eigenvalue weighted by molar-refractivity contribution is -0.116. The maximum absolute atomic E-state index is 13.7. The van der Waals surface area contributed by atoms with Crippen LogP contribution < -0.4 is 25.4 Å². The molecule has 0 fully saturated rings. The first-order valence-corrected chi connectivity index (χ1v) is 16.0. The number of carbonyl (C=O) groups is 3. The van der Waals surface area contributed by atoms with Crippen LogP contribution in [0.15, 0.2) is 138 Å². The molecule has 0 spiro atoms. The molecule has 0 aliphatic heterocycles. The summed E-state index contributed by atoms with van der Waals surface area (Å²) in [6.07, 6.45) is 1.65. The molecule has 0 aliphatic rings. The minimum atomic E-state index is -0.582. The normalized spacial score (nSPS) is 11.6. The molecule has 8 nitrogen and oxygen atoms in total. The Labute approximate surface area is 284 Å². The van der Waals surface area contributed by atoms with Crippen molar-refractivity contribution in [3.05, 3.63) is 155 Å². The van der Waals surface area contributed by atoms with Gasteiger partial charge in [0.05, 0.1) is 14.2 Å². The Morgan fingerprint density at radius 1 is 0.688 bits per heavy atom. The number of benzene rings is 5. The summed E-state index contributed by atoms with van der Waals surface area (Å²) in [6, 6.07) is 38.3. The molecule has 5 rings (SSSR count). The van der Waals surface area contributed by atoms with Gasteiger partial charge in [0.1, 0.15) is 22.4 Å². The molecular formula is C39H35N3O5S. The van der Waals surface area contributed by atoms with Gasteiger partial charge in [0.25, 0.3) is 11.8 Å². The number of thioether (sulfide) groups is 1. The number of aryl methyl sites for hydroxylation is 1. The predicted octanol–water partition coefficient (Wildman–Crippen LogP) is 7.89. The van der Waals surface area contributed by atoms with Crippen LogP contribution in [0.4, 0.5) is 11.4 Å². The van der Waals surface area contributed by atoms with Gasteiger partial charge in [-0.3, -0.25) is 14.4 Å². The molecule has 48 heavy (non-hydrogen) atoms. The molecule has 0 aromatic heterocycles. The van der Waals surface area contributed by atoms with Gasteiger partial charge in [0.2, 0.25) is 5.91 Å². The SMILES string of the molecule is COc1cc(NC(=O)C(Sc2ccc(NC(=O)/C(=C/c3cccc(C)c3)NC(=O)c3ccccc3)cc2)c2ccccc2)cc(OC)c1. The minimum Gasteiger partial charge on any atom is -0.497 e. The Hall–Kier alpha value is -5.80. The van der Waals surface area contributed by atoms with E-state index in [1.54, 1.807) is 74.9 Å². The summed E-state index contributed by atoms with van der Waals surface area (Å²) in [7, 11) is 3.11. The van der Waals surface area contributed by atoms with Crippen LogP contribution in [0.5, 0.6) is 11.5 Å². The molecule has 3 amide bonds. The molecule has 0 saturated carbocycles. The molecule has 0 aliphatic carbocycles. The van der Waals surface area contributed by atoms with Crippen LogP contribution >= 0.6 is 11.8 Å². The fraction of sp³-hybridized carbons (Fsp3) is 0.103. The van der Waals surface area contributed by atoms with Crippen molar-refractivity contribution < 1.29 is 23.9 Å². The molecule has 1 unspecified atom stereocenters. The van der Waals surface area contributed by atoms with E-state index in [9.17, 15) is 14.4 Å². The maximum Gasteiger partial charge on any atom is 0.272 e. The number of carbonyl (C=O) groups excluding carboxylic acids is 3. The summed E-state index contributed by atoms with van der Waals surface area (Å²) in [5.41, 5.74) is 4.23. The topological polar surface area (TPSA) is 106 Å². The molecule has 242 valence electrons. The van der Waals surface area contributed by atoms with Crippen LogP contribution in [-0.2, 0) is 9.59 Å². The highest BCUT2D eigenvalue weighted by Crippen LogP contribution is 2.37. The fourth-order valence-corrected chi connectivity index (χ4v) is 5.83. The number of methoxy groups -OCH3 is 2. The van der Waals surface area contributed by atoms with Crippen molar-refractivity contribution in [2.24, 2.45) is 0 Å². The average Bonchev–Trinajstić information content (AvgIpc) is 3.11. The lowest BCUT2D eigenvalue weighted by atomic mass is 10.1. The zero-order chi connectivity index (χ0) is 33.9. The lowest BCUT2D eigenvalue weighted by Gasteiger charge is -2.18. The zero-order valence-corrected chi connectivity index (χ0v) is 27.5. The largest absolute Gasteiger partial charge is 0.497 e. The van der Waals surface area contributed by atoms with Gasteiger partial charge in [-0.05, 0) is 60.5 Å². The van der Waals surface area contributed by atoms with E-state index in [-0.39, 0.29) is 11.6 Å². The third-order valence-corrected chi connectivity index (χ3v) is 8.47. The van der Waals surface area contributed by atoms with Crippen LogP contribution in [0.25, 0.3) is 6.08 Å². The van der Waals surface area contributed by atoms with Crippen molar-refractivity contribution >= 4 is 46.9 Å². The van der Waals surface area contributed by atoms with E-state index in [2.05, 4.69) is 16.0 Å². The second kappa shape index (κ2) is 16.2. The van der Waals surface area contributed by atoms with Crippen LogP contribution in [0.2, 0.25) is 0 Å².